The van der Waals surface area contributed by atoms with Crippen LogP contribution in [0.25, 0.3) is 0 Å². The average molecular weight is 424 g/mol. The van der Waals surface area contributed by atoms with Crippen LogP contribution in [0.1, 0.15) is 44.4 Å². The summed E-state index contributed by atoms with van der Waals surface area (Å²) < 4.78 is 51.3. The lowest BCUT2D eigenvalue weighted by Gasteiger charge is -2.11. The second-order valence-corrected chi connectivity index (χ2v) is 11.9. The molecule has 0 unspecified atom stereocenters. The maximum Gasteiger partial charge on any atom is 0.240 e. The molecule has 0 amide bonds. The lowest BCUT2D eigenvalue weighted by atomic mass is 10.0. The summed E-state index contributed by atoms with van der Waals surface area (Å²) in [6.45, 7) is 6.96. The lowest BCUT2D eigenvalue weighted by Crippen LogP contribution is -2.30. The number of hydrogen-bond acceptors (Lipinski definition) is 4. The Bertz CT molecular complexity index is 993. The van der Waals surface area contributed by atoms with Crippen molar-refractivity contribution in [2.75, 3.05) is 0 Å². The number of nitrogens with one attached hydrogen (secondary N) is 1. The van der Waals surface area contributed by atoms with Gasteiger partial charge in [0.2, 0.25) is 10.0 Å². The Morgan fingerprint density at radius 3 is 1.93 bits per heavy atom. The third-order valence-corrected chi connectivity index (χ3v) is 8.24. The van der Waals surface area contributed by atoms with Gasteiger partial charge in [0.15, 0.2) is 9.84 Å². The van der Waals surface area contributed by atoms with Gasteiger partial charge in [0.25, 0.3) is 0 Å². The van der Waals surface area contributed by atoms with Crippen molar-refractivity contribution in [1.82, 2.24) is 4.72 Å². The first kappa shape index (κ1) is 22.6. The molecule has 0 spiro atoms. The van der Waals surface area contributed by atoms with E-state index in [0.29, 0.717) is 6.42 Å². The average Bonchev–Trinajstić information content (AvgIpc) is 2.60. The van der Waals surface area contributed by atoms with E-state index < -0.39 is 19.9 Å². The van der Waals surface area contributed by atoms with E-state index >= 15 is 0 Å². The molecule has 0 aliphatic rings. The standard InChI is InChI=1S/C21H29NO4S2/c1-16(2)22-28(25,26)21-7-5-6-19(14-21)11-8-18-9-12-20(13-10-18)15-27(23,24)17(3)4/h5-7,9-10,12-14,16-17,22H,8,11,15H2,1-4H3. The summed E-state index contributed by atoms with van der Waals surface area (Å²) in [6.07, 6.45) is 1.45. The van der Waals surface area contributed by atoms with E-state index in [1.165, 1.54) is 0 Å². The van der Waals surface area contributed by atoms with Crippen LogP contribution in [0.15, 0.2) is 53.4 Å². The van der Waals surface area contributed by atoms with Crippen molar-refractivity contribution >= 4 is 19.9 Å². The minimum Gasteiger partial charge on any atom is -0.228 e. The molecular weight excluding hydrogens is 394 g/mol. The molecule has 2 aromatic carbocycles. The van der Waals surface area contributed by atoms with Crippen LogP contribution < -0.4 is 4.72 Å². The highest BCUT2D eigenvalue weighted by Crippen LogP contribution is 2.16. The Kier molecular flexibility index (Phi) is 7.42. The van der Waals surface area contributed by atoms with Gasteiger partial charge in [-0.25, -0.2) is 21.6 Å². The molecule has 28 heavy (non-hydrogen) atoms. The molecule has 2 aromatic rings. The predicted molar refractivity (Wildman–Crippen MR) is 114 cm³/mol. The van der Waals surface area contributed by atoms with Crippen LogP contribution in [0, 0.1) is 0 Å². The SMILES string of the molecule is CC(C)NS(=O)(=O)c1cccc(CCc2ccc(CS(=O)(=O)C(C)C)cc2)c1. The van der Waals surface area contributed by atoms with Crippen molar-refractivity contribution in [3.05, 3.63) is 65.2 Å². The molecular formula is C21H29NO4S2. The Balaban J connectivity index is 2.04. The van der Waals surface area contributed by atoms with Crippen molar-refractivity contribution in [2.24, 2.45) is 0 Å². The Morgan fingerprint density at radius 2 is 1.36 bits per heavy atom. The van der Waals surface area contributed by atoms with Crippen LogP contribution in [0.4, 0.5) is 0 Å². The molecule has 1 N–H and O–H groups in total. The fourth-order valence-electron chi connectivity index (χ4n) is 2.74. The highest BCUT2D eigenvalue weighted by molar-refractivity contribution is 7.91. The van der Waals surface area contributed by atoms with E-state index in [1.807, 2.05) is 30.3 Å². The van der Waals surface area contributed by atoms with E-state index in [0.717, 1.165) is 23.1 Å². The molecule has 0 aromatic heterocycles. The number of benzene rings is 2. The van der Waals surface area contributed by atoms with E-state index in [1.54, 1.807) is 45.9 Å². The second-order valence-electron chi connectivity index (χ2n) is 7.60. The first-order valence-corrected chi connectivity index (χ1v) is 12.6. The number of rotatable bonds is 9. The number of sulfonamides is 1. The molecule has 0 aliphatic carbocycles. The molecule has 2 rings (SSSR count). The third-order valence-electron chi connectivity index (χ3n) is 4.41. The molecule has 0 saturated carbocycles. The molecule has 5 nitrogen and oxygen atoms in total. The number of sulfone groups is 1. The second kappa shape index (κ2) is 9.20. The number of aryl methyl sites for hydroxylation is 2. The Hall–Kier alpha value is -1.70. The molecule has 7 heteroatoms. The van der Waals surface area contributed by atoms with Gasteiger partial charge >= 0.3 is 0 Å². The fraction of sp³-hybridized carbons (Fsp3) is 0.429. The number of hydrogen-bond donors (Lipinski definition) is 1. The van der Waals surface area contributed by atoms with Gasteiger partial charge in [-0.05, 0) is 69.4 Å². The highest BCUT2D eigenvalue weighted by Gasteiger charge is 2.17. The lowest BCUT2D eigenvalue weighted by molar-refractivity contribution is 0.569. The summed E-state index contributed by atoms with van der Waals surface area (Å²) in [4.78, 5) is 0.271. The first-order valence-electron chi connectivity index (χ1n) is 9.40. The van der Waals surface area contributed by atoms with Gasteiger partial charge in [-0.2, -0.15) is 0 Å². The van der Waals surface area contributed by atoms with Gasteiger partial charge in [-0.1, -0.05) is 36.4 Å². The van der Waals surface area contributed by atoms with Crippen LogP contribution in [-0.4, -0.2) is 28.1 Å². The summed E-state index contributed by atoms with van der Waals surface area (Å²) in [7, 11) is -6.61. The molecule has 154 valence electrons. The largest absolute Gasteiger partial charge is 0.240 e. The molecule has 0 radical (unpaired) electrons. The van der Waals surface area contributed by atoms with Gasteiger partial charge < -0.3 is 0 Å². The summed E-state index contributed by atoms with van der Waals surface area (Å²) >= 11 is 0. The summed E-state index contributed by atoms with van der Waals surface area (Å²) in [5.74, 6) is 0.0493. The zero-order valence-electron chi connectivity index (χ0n) is 16.8. The summed E-state index contributed by atoms with van der Waals surface area (Å²) in [5.41, 5.74) is 2.81. The molecule has 0 heterocycles. The zero-order chi connectivity index (χ0) is 20.9. The molecule has 0 aliphatic heterocycles. The molecule has 0 bridgehead atoms. The van der Waals surface area contributed by atoms with Crippen LogP contribution in [-0.2, 0) is 38.5 Å². The van der Waals surface area contributed by atoms with E-state index in [9.17, 15) is 16.8 Å². The van der Waals surface area contributed by atoms with E-state index in [-0.39, 0.29) is 21.9 Å². The van der Waals surface area contributed by atoms with Crippen LogP contribution >= 0.6 is 0 Å². The van der Waals surface area contributed by atoms with Crippen molar-refractivity contribution in [1.29, 1.82) is 0 Å². The minimum absolute atomic E-state index is 0.0493. The Morgan fingerprint density at radius 1 is 0.786 bits per heavy atom. The normalized spacial score (nSPS) is 12.6. The first-order chi connectivity index (χ1) is 13.0. The quantitative estimate of drug-likeness (QED) is 0.670. The van der Waals surface area contributed by atoms with Gasteiger partial charge in [0.05, 0.1) is 15.9 Å². The summed E-state index contributed by atoms with van der Waals surface area (Å²) in [6, 6.07) is 14.4. The topological polar surface area (TPSA) is 80.3 Å². The highest BCUT2D eigenvalue weighted by atomic mass is 32.2. The summed E-state index contributed by atoms with van der Waals surface area (Å²) in [5, 5.41) is -0.388. The van der Waals surface area contributed by atoms with E-state index in [4.69, 9.17) is 0 Å². The van der Waals surface area contributed by atoms with Crippen molar-refractivity contribution in [3.63, 3.8) is 0 Å². The Labute approximate surface area is 169 Å². The van der Waals surface area contributed by atoms with E-state index in [2.05, 4.69) is 4.72 Å². The van der Waals surface area contributed by atoms with Crippen LogP contribution in [0.5, 0.6) is 0 Å². The van der Waals surface area contributed by atoms with Gasteiger partial charge in [-0.3, -0.25) is 0 Å². The maximum absolute atomic E-state index is 12.3. The van der Waals surface area contributed by atoms with Crippen molar-refractivity contribution in [3.8, 4) is 0 Å². The molecule has 0 atom stereocenters. The van der Waals surface area contributed by atoms with Gasteiger partial charge in [-0.15, -0.1) is 0 Å². The van der Waals surface area contributed by atoms with Crippen molar-refractivity contribution in [2.45, 2.75) is 62.5 Å². The fourth-order valence-corrected chi connectivity index (χ4v) is 5.05. The van der Waals surface area contributed by atoms with Crippen LogP contribution in [0.3, 0.4) is 0 Å². The molecule has 0 fully saturated rings. The smallest absolute Gasteiger partial charge is 0.228 e. The van der Waals surface area contributed by atoms with Gasteiger partial charge in [0, 0.05) is 6.04 Å². The monoisotopic (exact) mass is 423 g/mol. The molecule has 0 saturated heterocycles. The predicted octanol–water partition coefficient (Wildman–Crippen LogP) is 3.48. The zero-order valence-corrected chi connectivity index (χ0v) is 18.5. The van der Waals surface area contributed by atoms with Crippen LogP contribution in [0.2, 0.25) is 0 Å². The third kappa shape index (κ3) is 6.43. The minimum atomic E-state index is -3.50. The maximum atomic E-state index is 12.3. The van der Waals surface area contributed by atoms with Crippen molar-refractivity contribution < 1.29 is 16.8 Å². The van der Waals surface area contributed by atoms with Gasteiger partial charge in [0.1, 0.15) is 0 Å².